The molecule has 0 amide bonds. The Morgan fingerprint density at radius 2 is 2.00 bits per heavy atom. The molecule has 1 rings (SSSR count). The van der Waals surface area contributed by atoms with E-state index in [-0.39, 0.29) is 0 Å². The highest BCUT2D eigenvalue weighted by Gasteiger charge is 2.35. The van der Waals surface area contributed by atoms with Crippen LogP contribution in [0.25, 0.3) is 6.08 Å². The maximum Gasteiger partial charge on any atom is 0.417 e. The summed E-state index contributed by atoms with van der Waals surface area (Å²) in [5.74, 6) is 0. The monoisotopic (exact) mass is 217 g/mol. The van der Waals surface area contributed by atoms with Crippen LogP contribution in [0.4, 0.5) is 18.9 Å². The molecule has 0 spiro atoms. The molecule has 1 aromatic carbocycles. The fourth-order valence-electron chi connectivity index (χ4n) is 1.17. The van der Waals surface area contributed by atoms with E-state index in [1.807, 2.05) is 0 Å². The maximum absolute atomic E-state index is 12.4. The summed E-state index contributed by atoms with van der Waals surface area (Å²) in [5.41, 5.74) is -2.15. The predicted octanol–water partition coefficient (Wildman–Crippen LogP) is 3.26. The third-order valence-electron chi connectivity index (χ3n) is 1.79. The van der Waals surface area contributed by atoms with Gasteiger partial charge in [-0.3, -0.25) is 10.1 Å². The van der Waals surface area contributed by atoms with E-state index < -0.39 is 27.9 Å². The first kappa shape index (κ1) is 11.2. The molecule has 15 heavy (non-hydrogen) atoms. The van der Waals surface area contributed by atoms with Gasteiger partial charge in [-0.2, -0.15) is 13.2 Å². The van der Waals surface area contributed by atoms with Crippen molar-refractivity contribution in [2.75, 3.05) is 0 Å². The molecular formula is C9H6F3NO2. The molecule has 0 N–H and O–H groups in total. The molecule has 0 saturated carbocycles. The molecule has 0 aliphatic heterocycles. The van der Waals surface area contributed by atoms with Gasteiger partial charge in [0.2, 0.25) is 0 Å². The first-order valence-electron chi connectivity index (χ1n) is 3.85. The summed E-state index contributed by atoms with van der Waals surface area (Å²) < 4.78 is 37.2. The topological polar surface area (TPSA) is 43.1 Å². The lowest BCUT2D eigenvalue weighted by atomic mass is 10.1. The lowest BCUT2D eigenvalue weighted by Crippen LogP contribution is -2.08. The Labute approximate surface area is 83.0 Å². The minimum Gasteiger partial charge on any atom is -0.258 e. The van der Waals surface area contributed by atoms with E-state index in [1.54, 1.807) is 0 Å². The molecule has 6 heteroatoms. The number of benzene rings is 1. The molecule has 0 bridgehead atoms. The SMILES string of the molecule is C=Cc1c([N+](=O)[O-])cccc1C(F)(F)F. The number of rotatable bonds is 2. The Balaban J connectivity index is 3.48. The van der Waals surface area contributed by atoms with Gasteiger partial charge < -0.3 is 0 Å². The highest BCUT2D eigenvalue weighted by molar-refractivity contribution is 5.64. The molecule has 0 aliphatic rings. The molecule has 80 valence electrons. The molecule has 0 aromatic heterocycles. The van der Waals surface area contributed by atoms with Gasteiger partial charge in [0.15, 0.2) is 0 Å². The van der Waals surface area contributed by atoms with E-state index in [9.17, 15) is 23.3 Å². The number of nitrogens with zero attached hydrogens (tertiary/aromatic N) is 1. The van der Waals surface area contributed by atoms with E-state index in [2.05, 4.69) is 6.58 Å². The number of alkyl halides is 3. The zero-order valence-electron chi connectivity index (χ0n) is 7.41. The van der Waals surface area contributed by atoms with E-state index in [0.717, 1.165) is 24.3 Å². The Kier molecular flexibility index (Phi) is 2.78. The standard InChI is InChI=1S/C9H6F3NO2/c1-2-6-7(9(10,11)12)4-3-5-8(6)13(14)15/h2-5H,1H2. The Morgan fingerprint density at radius 3 is 2.40 bits per heavy atom. The van der Waals surface area contributed by atoms with Crippen molar-refractivity contribution in [3.8, 4) is 0 Å². The van der Waals surface area contributed by atoms with E-state index >= 15 is 0 Å². The second kappa shape index (κ2) is 3.72. The molecule has 0 radical (unpaired) electrons. The van der Waals surface area contributed by atoms with Gasteiger partial charge in [0.05, 0.1) is 16.1 Å². The van der Waals surface area contributed by atoms with Crippen LogP contribution in [-0.2, 0) is 6.18 Å². The van der Waals surface area contributed by atoms with Crippen LogP contribution >= 0.6 is 0 Å². The molecule has 0 heterocycles. The van der Waals surface area contributed by atoms with E-state index in [4.69, 9.17) is 0 Å². The fraction of sp³-hybridized carbons (Fsp3) is 0.111. The molecule has 3 nitrogen and oxygen atoms in total. The van der Waals surface area contributed by atoms with Crippen LogP contribution < -0.4 is 0 Å². The molecule has 0 unspecified atom stereocenters. The molecule has 0 fully saturated rings. The largest absolute Gasteiger partial charge is 0.417 e. The Bertz CT molecular complexity index is 412. The summed E-state index contributed by atoms with van der Waals surface area (Å²) >= 11 is 0. The van der Waals surface area contributed by atoms with Crippen molar-refractivity contribution in [2.24, 2.45) is 0 Å². The second-order valence-electron chi connectivity index (χ2n) is 2.70. The quantitative estimate of drug-likeness (QED) is 0.563. The lowest BCUT2D eigenvalue weighted by molar-refractivity contribution is -0.385. The fourth-order valence-corrected chi connectivity index (χ4v) is 1.17. The molecular weight excluding hydrogens is 211 g/mol. The van der Waals surface area contributed by atoms with Gasteiger partial charge in [-0.15, -0.1) is 0 Å². The summed E-state index contributed by atoms with van der Waals surface area (Å²) in [6.45, 7) is 3.14. The van der Waals surface area contributed by atoms with Crippen molar-refractivity contribution in [3.63, 3.8) is 0 Å². The van der Waals surface area contributed by atoms with Crippen LogP contribution in [0.2, 0.25) is 0 Å². The highest BCUT2D eigenvalue weighted by Crippen LogP contribution is 2.36. The van der Waals surface area contributed by atoms with Crippen molar-refractivity contribution >= 4 is 11.8 Å². The van der Waals surface area contributed by atoms with Crippen molar-refractivity contribution < 1.29 is 18.1 Å². The maximum atomic E-state index is 12.4. The van der Waals surface area contributed by atoms with E-state index in [0.29, 0.717) is 0 Å². The summed E-state index contributed by atoms with van der Waals surface area (Å²) in [5, 5.41) is 10.5. The van der Waals surface area contributed by atoms with Gasteiger partial charge in [-0.1, -0.05) is 18.7 Å². The number of hydrogen-bond acceptors (Lipinski definition) is 2. The molecule has 0 saturated heterocycles. The third kappa shape index (κ3) is 2.15. The van der Waals surface area contributed by atoms with Crippen LogP contribution in [0.3, 0.4) is 0 Å². The van der Waals surface area contributed by atoms with Crippen LogP contribution in [0.1, 0.15) is 11.1 Å². The van der Waals surface area contributed by atoms with E-state index in [1.165, 1.54) is 0 Å². The van der Waals surface area contributed by atoms with Gasteiger partial charge in [0.25, 0.3) is 5.69 Å². The smallest absolute Gasteiger partial charge is 0.258 e. The van der Waals surface area contributed by atoms with Crippen molar-refractivity contribution in [1.82, 2.24) is 0 Å². The third-order valence-corrected chi connectivity index (χ3v) is 1.79. The summed E-state index contributed by atoms with van der Waals surface area (Å²) in [4.78, 5) is 9.58. The van der Waals surface area contributed by atoms with Crippen LogP contribution in [0.15, 0.2) is 24.8 Å². The average Bonchev–Trinajstić information content (AvgIpc) is 2.15. The zero-order chi connectivity index (χ0) is 11.6. The number of nitro benzene ring substituents is 1. The highest BCUT2D eigenvalue weighted by atomic mass is 19.4. The minimum absolute atomic E-state index is 0.505. The average molecular weight is 217 g/mol. The number of halogens is 3. The molecule has 0 atom stereocenters. The summed E-state index contributed by atoms with van der Waals surface area (Å²) in [7, 11) is 0. The molecule has 0 aliphatic carbocycles. The number of nitro groups is 1. The first-order chi connectivity index (χ1) is 6.88. The van der Waals surface area contributed by atoms with Gasteiger partial charge in [-0.25, -0.2) is 0 Å². The summed E-state index contributed by atoms with van der Waals surface area (Å²) in [6.07, 6.45) is -3.78. The van der Waals surface area contributed by atoms with Crippen molar-refractivity contribution in [2.45, 2.75) is 6.18 Å². The summed E-state index contributed by atoms with van der Waals surface area (Å²) in [6, 6.07) is 2.78. The Hall–Kier alpha value is -1.85. The van der Waals surface area contributed by atoms with Gasteiger partial charge in [-0.05, 0) is 6.07 Å². The van der Waals surface area contributed by atoms with Crippen molar-refractivity contribution in [1.29, 1.82) is 0 Å². The Morgan fingerprint density at radius 1 is 1.40 bits per heavy atom. The van der Waals surface area contributed by atoms with Gasteiger partial charge in [0, 0.05) is 6.07 Å². The number of hydrogen-bond donors (Lipinski definition) is 0. The second-order valence-corrected chi connectivity index (χ2v) is 2.70. The first-order valence-corrected chi connectivity index (χ1v) is 3.85. The predicted molar refractivity (Wildman–Crippen MR) is 48.2 cm³/mol. The normalized spacial score (nSPS) is 11.1. The van der Waals surface area contributed by atoms with Crippen LogP contribution in [0.5, 0.6) is 0 Å². The van der Waals surface area contributed by atoms with Crippen LogP contribution in [0, 0.1) is 10.1 Å². The molecule has 1 aromatic rings. The lowest BCUT2D eigenvalue weighted by Gasteiger charge is -2.09. The minimum atomic E-state index is -4.62. The van der Waals surface area contributed by atoms with Gasteiger partial charge >= 0.3 is 6.18 Å². The van der Waals surface area contributed by atoms with Crippen LogP contribution in [-0.4, -0.2) is 4.92 Å². The van der Waals surface area contributed by atoms with Gasteiger partial charge in [0.1, 0.15) is 0 Å². The van der Waals surface area contributed by atoms with Crippen molar-refractivity contribution in [3.05, 3.63) is 46.0 Å². The zero-order valence-corrected chi connectivity index (χ0v) is 7.41.